The molecule has 98 valence electrons. The predicted molar refractivity (Wildman–Crippen MR) is 65.9 cm³/mol. The summed E-state index contributed by atoms with van der Waals surface area (Å²) in [6.07, 6.45) is 1.78. The van der Waals surface area contributed by atoms with E-state index in [1.807, 2.05) is 13.8 Å². The largest absolute Gasteiger partial charge is 0.381 e. The van der Waals surface area contributed by atoms with Crippen LogP contribution in [0.4, 0.5) is 5.82 Å². The van der Waals surface area contributed by atoms with Crippen LogP contribution in [0.15, 0.2) is 4.52 Å². The van der Waals surface area contributed by atoms with Gasteiger partial charge in [0.1, 0.15) is 6.54 Å². The maximum Gasteiger partial charge on any atom is 0.226 e. The van der Waals surface area contributed by atoms with Crippen molar-refractivity contribution < 1.29 is 4.52 Å². The number of aromatic nitrogens is 5. The van der Waals surface area contributed by atoms with Gasteiger partial charge in [0, 0.05) is 6.42 Å². The number of aryl methyl sites for hydroxylation is 1. The third kappa shape index (κ3) is 2.49. The van der Waals surface area contributed by atoms with Crippen molar-refractivity contribution in [3.8, 4) is 0 Å². The van der Waals surface area contributed by atoms with Crippen molar-refractivity contribution in [2.45, 2.75) is 46.1 Å². The van der Waals surface area contributed by atoms with Gasteiger partial charge in [-0.1, -0.05) is 31.1 Å². The Morgan fingerprint density at radius 3 is 2.83 bits per heavy atom. The lowest BCUT2D eigenvalue weighted by molar-refractivity contribution is 0.369. The van der Waals surface area contributed by atoms with Crippen LogP contribution in [0.25, 0.3) is 0 Å². The summed E-state index contributed by atoms with van der Waals surface area (Å²) >= 11 is 0. The average molecular weight is 250 g/mol. The lowest BCUT2D eigenvalue weighted by atomic mass is 10.1. The van der Waals surface area contributed by atoms with Crippen molar-refractivity contribution in [2.75, 3.05) is 5.73 Å². The molecule has 0 saturated heterocycles. The van der Waals surface area contributed by atoms with E-state index >= 15 is 0 Å². The van der Waals surface area contributed by atoms with Gasteiger partial charge in [0.2, 0.25) is 5.89 Å². The summed E-state index contributed by atoms with van der Waals surface area (Å²) in [6, 6.07) is 0. The summed E-state index contributed by atoms with van der Waals surface area (Å²) in [7, 11) is 0. The molecule has 2 rings (SSSR count). The molecule has 2 heterocycles. The third-order valence-corrected chi connectivity index (χ3v) is 2.61. The number of nitrogen functional groups attached to an aromatic ring is 1. The monoisotopic (exact) mass is 250 g/mol. The second-order valence-electron chi connectivity index (χ2n) is 4.53. The van der Waals surface area contributed by atoms with Crippen molar-refractivity contribution in [3.63, 3.8) is 0 Å². The minimum atomic E-state index is 0.252. The van der Waals surface area contributed by atoms with Crippen molar-refractivity contribution in [3.05, 3.63) is 17.4 Å². The van der Waals surface area contributed by atoms with Gasteiger partial charge in [0.05, 0.1) is 5.69 Å². The number of rotatable bonds is 5. The molecule has 0 saturated carbocycles. The molecule has 0 aliphatic rings. The number of anilines is 1. The first-order chi connectivity index (χ1) is 8.61. The van der Waals surface area contributed by atoms with E-state index in [0.29, 0.717) is 24.1 Å². The third-order valence-electron chi connectivity index (χ3n) is 2.61. The Labute approximate surface area is 105 Å². The standard InChI is InChI=1S/C11H18N6O/c1-4-5-9-13-8(15-18-9)6-17-10(7(2)3)11(12)14-16-17/h7H,4-6,12H2,1-3H3. The van der Waals surface area contributed by atoms with E-state index in [9.17, 15) is 0 Å². The molecule has 2 aromatic rings. The van der Waals surface area contributed by atoms with Gasteiger partial charge in [-0.25, -0.2) is 4.68 Å². The highest BCUT2D eigenvalue weighted by Crippen LogP contribution is 2.19. The summed E-state index contributed by atoms with van der Waals surface area (Å²) in [5.74, 6) is 1.97. The number of nitrogens with zero attached hydrogens (tertiary/aromatic N) is 5. The minimum Gasteiger partial charge on any atom is -0.381 e. The zero-order valence-electron chi connectivity index (χ0n) is 10.9. The molecule has 7 nitrogen and oxygen atoms in total. The molecule has 0 aliphatic heterocycles. The Hall–Kier alpha value is -1.92. The fraction of sp³-hybridized carbons (Fsp3) is 0.636. The van der Waals surface area contributed by atoms with Gasteiger partial charge in [-0.15, -0.1) is 5.10 Å². The lowest BCUT2D eigenvalue weighted by Crippen LogP contribution is -2.10. The fourth-order valence-corrected chi connectivity index (χ4v) is 1.85. The van der Waals surface area contributed by atoms with Crippen LogP contribution in [0.1, 0.15) is 50.5 Å². The molecule has 0 bridgehead atoms. The first-order valence-electron chi connectivity index (χ1n) is 6.12. The van der Waals surface area contributed by atoms with Crippen LogP contribution in [-0.2, 0) is 13.0 Å². The molecule has 2 aromatic heterocycles. The van der Waals surface area contributed by atoms with Gasteiger partial charge in [-0.05, 0) is 12.3 Å². The van der Waals surface area contributed by atoms with Crippen molar-refractivity contribution >= 4 is 5.82 Å². The number of nitrogens with two attached hydrogens (primary N) is 1. The molecule has 0 atom stereocenters. The number of hydrogen-bond acceptors (Lipinski definition) is 6. The molecule has 0 aromatic carbocycles. The Bertz CT molecular complexity index is 515. The molecule has 18 heavy (non-hydrogen) atoms. The van der Waals surface area contributed by atoms with E-state index in [-0.39, 0.29) is 5.92 Å². The topological polar surface area (TPSA) is 95.7 Å². The average Bonchev–Trinajstić information content (AvgIpc) is 2.87. The van der Waals surface area contributed by atoms with Gasteiger partial charge in [0.15, 0.2) is 11.6 Å². The lowest BCUT2D eigenvalue weighted by Gasteiger charge is -2.07. The van der Waals surface area contributed by atoms with Crippen molar-refractivity contribution in [2.24, 2.45) is 0 Å². The Morgan fingerprint density at radius 2 is 2.17 bits per heavy atom. The fourth-order valence-electron chi connectivity index (χ4n) is 1.85. The predicted octanol–water partition coefficient (Wildman–Crippen LogP) is 1.37. The van der Waals surface area contributed by atoms with Crippen LogP contribution in [0.2, 0.25) is 0 Å². The van der Waals surface area contributed by atoms with Gasteiger partial charge in [0.25, 0.3) is 0 Å². The maximum absolute atomic E-state index is 5.79. The summed E-state index contributed by atoms with van der Waals surface area (Å²) in [5.41, 5.74) is 6.69. The zero-order valence-corrected chi connectivity index (χ0v) is 10.9. The van der Waals surface area contributed by atoms with E-state index in [0.717, 1.165) is 18.5 Å². The van der Waals surface area contributed by atoms with Gasteiger partial charge in [-0.2, -0.15) is 4.98 Å². The summed E-state index contributed by atoms with van der Waals surface area (Å²) in [5, 5.41) is 11.8. The van der Waals surface area contributed by atoms with E-state index in [4.69, 9.17) is 10.3 Å². The van der Waals surface area contributed by atoms with Crippen LogP contribution in [0.5, 0.6) is 0 Å². The highest BCUT2D eigenvalue weighted by atomic mass is 16.5. The Kier molecular flexibility index (Phi) is 3.59. The Morgan fingerprint density at radius 1 is 1.39 bits per heavy atom. The Balaban J connectivity index is 2.17. The molecule has 0 fully saturated rings. The van der Waals surface area contributed by atoms with Crippen LogP contribution >= 0.6 is 0 Å². The first kappa shape index (κ1) is 12.5. The van der Waals surface area contributed by atoms with Crippen molar-refractivity contribution in [1.29, 1.82) is 0 Å². The molecule has 2 N–H and O–H groups in total. The normalized spacial score (nSPS) is 11.3. The summed E-state index contributed by atoms with van der Waals surface area (Å²) in [4.78, 5) is 4.30. The molecule has 0 amide bonds. The molecule has 0 radical (unpaired) electrons. The minimum absolute atomic E-state index is 0.252. The molecular weight excluding hydrogens is 232 g/mol. The van der Waals surface area contributed by atoms with Crippen LogP contribution in [-0.4, -0.2) is 25.1 Å². The number of hydrogen-bond donors (Lipinski definition) is 1. The first-order valence-corrected chi connectivity index (χ1v) is 6.12. The van der Waals surface area contributed by atoms with E-state index < -0.39 is 0 Å². The molecule has 7 heteroatoms. The SMILES string of the molecule is CCCc1nc(Cn2nnc(N)c2C(C)C)no1. The van der Waals surface area contributed by atoms with Gasteiger partial charge in [-0.3, -0.25) is 0 Å². The van der Waals surface area contributed by atoms with Crippen LogP contribution in [0.3, 0.4) is 0 Å². The summed E-state index contributed by atoms with van der Waals surface area (Å²) < 4.78 is 6.85. The van der Waals surface area contributed by atoms with Crippen molar-refractivity contribution in [1.82, 2.24) is 25.1 Å². The molecule has 0 spiro atoms. The second-order valence-corrected chi connectivity index (χ2v) is 4.53. The van der Waals surface area contributed by atoms with Crippen LogP contribution < -0.4 is 5.73 Å². The highest BCUT2D eigenvalue weighted by Gasteiger charge is 2.16. The molecule has 0 unspecified atom stereocenters. The maximum atomic E-state index is 5.79. The van der Waals surface area contributed by atoms with Crippen LogP contribution in [0, 0.1) is 0 Å². The van der Waals surface area contributed by atoms with Gasteiger partial charge >= 0.3 is 0 Å². The van der Waals surface area contributed by atoms with E-state index in [1.165, 1.54) is 0 Å². The van der Waals surface area contributed by atoms with Gasteiger partial charge < -0.3 is 10.3 Å². The molecule has 0 aliphatic carbocycles. The zero-order chi connectivity index (χ0) is 13.1. The van der Waals surface area contributed by atoms with E-state index in [2.05, 4.69) is 27.4 Å². The molecular formula is C11H18N6O. The smallest absolute Gasteiger partial charge is 0.226 e. The quantitative estimate of drug-likeness (QED) is 0.860. The highest BCUT2D eigenvalue weighted by molar-refractivity contribution is 5.35. The summed E-state index contributed by atoms with van der Waals surface area (Å²) in [6.45, 7) is 6.60. The second kappa shape index (κ2) is 5.16. The van der Waals surface area contributed by atoms with E-state index in [1.54, 1.807) is 4.68 Å².